The van der Waals surface area contributed by atoms with Gasteiger partial charge in [-0.15, -0.1) is 0 Å². The fourth-order valence-corrected chi connectivity index (χ4v) is 1.67. The fraction of sp³-hybridized carbons (Fsp3) is 0.0588. The molecule has 0 amide bonds. The van der Waals surface area contributed by atoms with E-state index in [1.165, 1.54) is 0 Å². The minimum Gasteiger partial charge on any atom is -0.490 e. The van der Waals surface area contributed by atoms with Gasteiger partial charge in [-0.3, -0.25) is 4.98 Å². The molecule has 20 heavy (non-hydrogen) atoms. The van der Waals surface area contributed by atoms with E-state index in [0.29, 0.717) is 17.9 Å². The van der Waals surface area contributed by atoms with Gasteiger partial charge in [0.2, 0.25) is 0 Å². The van der Waals surface area contributed by atoms with Gasteiger partial charge >= 0.3 is 0 Å². The Morgan fingerprint density at radius 3 is 2.65 bits per heavy atom. The zero-order chi connectivity index (χ0) is 14.2. The van der Waals surface area contributed by atoms with Gasteiger partial charge in [0.05, 0.1) is 11.3 Å². The number of nitriles is 1. The summed E-state index contributed by atoms with van der Waals surface area (Å²) in [6.07, 6.45) is 5.18. The summed E-state index contributed by atoms with van der Waals surface area (Å²) < 4.78 is 5.41. The lowest BCUT2D eigenvalue weighted by Gasteiger charge is -2.03. The van der Waals surface area contributed by atoms with Gasteiger partial charge < -0.3 is 4.74 Å². The molecule has 0 fully saturated rings. The van der Waals surface area contributed by atoms with Crippen LogP contribution in [0, 0.1) is 11.3 Å². The van der Waals surface area contributed by atoms with Crippen LogP contribution in [0.15, 0.2) is 61.3 Å². The van der Waals surface area contributed by atoms with Crippen LogP contribution in [0.25, 0.3) is 11.6 Å². The Labute approximate surface area is 118 Å². The molecule has 0 saturated carbocycles. The summed E-state index contributed by atoms with van der Waals surface area (Å²) in [4.78, 5) is 4.18. The highest BCUT2D eigenvalue weighted by Gasteiger charge is 2.01. The summed E-state index contributed by atoms with van der Waals surface area (Å²) in [6, 6.07) is 15.2. The summed E-state index contributed by atoms with van der Waals surface area (Å²) in [5.74, 6) is 0.776. The van der Waals surface area contributed by atoms with Gasteiger partial charge in [-0.2, -0.15) is 5.26 Å². The lowest BCUT2D eigenvalue weighted by atomic mass is 10.1. The Morgan fingerprint density at radius 2 is 2.05 bits per heavy atom. The van der Waals surface area contributed by atoms with Gasteiger partial charge in [-0.1, -0.05) is 30.9 Å². The van der Waals surface area contributed by atoms with E-state index in [-0.39, 0.29) is 0 Å². The molecule has 2 aromatic rings. The maximum Gasteiger partial charge on any atom is 0.119 e. The summed E-state index contributed by atoms with van der Waals surface area (Å²) in [7, 11) is 0. The lowest BCUT2D eigenvalue weighted by molar-refractivity contribution is 0.363. The zero-order valence-corrected chi connectivity index (χ0v) is 11.0. The minimum atomic E-state index is 0.479. The van der Waals surface area contributed by atoms with Crippen LogP contribution in [0.2, 0.25) is 0 Å². The molecule has 1 aromatic carbocycles. The van der Waals surface area contributed by atoms with Gasteiger partial charge in [0.1, 0.15) is 18.4 Å². The number of benzene rings is 1. The van der Waals surface area contributed by atoms with E-state index in [1.807, 2.05) is 42.5 Å². The zero-order valence-electron chi connectivity index (χ0n) is 11.0. The van der Waals surface area contributed by atoms with Crippen molar-refractivity contribution in [1.82, 2.24) is 4.98 Å². The number of ether oxygens (including phenoxy) is 1. The van der Waals surface area contributed by atoms with Crippen molar-refractivity contribution in [1.29, 1.82) is 5.26 Å². The largest absolute Gasteiger partial charge is 0.490 e. The molecule has 98 valence electrons. The van der Waals surface area contributed by atoms with Gasteiger partial charge in [0.15, 0.2) is 0 Å². The van der Waals surface area contributed by atoms with E-state index >= 15 is 0 Å². The Bertz CT molecular complexity index is 637. The number of nitrogens with zero attached hydrogens (tertiary/aromatic N) is 2. The first kappa shape index (κ1) is 13.6. The van der Waals surface area contributed by atoms with Crippen LogP contribution < -0.4 is 4.74 Å². The van der Waals surface area contributed by atoms with Crippen molar-refractivity contribution in [3.05, 3.63) is 72.6 Å². The molecule has 3 heteroatoms. The molecule has 0 atom stereocenters. The number of pyridine rings is 1. The summed E-state index contributed by atoms with van der Waals surface area (Å²) in [6.45, 7) is 4.08. The predicted octanol–water partition coefficient (Wildman–Crippen LogP) is 3.71. The van der Waals surface area contributed by atoms with E-state index in [0.717, 1.165) is 11.3 Å². The van der Waals surface area contributed by atoms with Crippen molar-refractivity contribution in [3.8, 4) is 11.8 Å². The Kier molecular flexibility index (Phi) is 4.69. The van der Waals surface area contributed by atoms with Gasteiger partial charge in [-0.05, 0) is 35.9 Å². The number of allylic oxidation sites excluding steroid dienone is 1. The molecule has 0 spiro atoms. The highest BCUT2D eigenvalue weighted by molar-refractivity contribution is 5.88. The highest BCUT2D eigenvalue weighted by Crippen LogP contribution is 2.18. The highest BCUT2D eigenvalue weighted by atomic mass is 16.5. The molecule has 0 aliphatic rings. The van der Waals surface area contributed by atoms with E-state index < -0.39 is 0 Å². The van der Waals surface area contributed by atoms with Gasteiger partial charge in [0, 0.05) is 6.20 Å². The summed E-state index contributed by atoms with van der Waals surface area (Å²) in [5, 5.41) is 9.22. The van der Waals surface area contributed by atoms with Crippen LogP contribution in [0.4, 0.5) is 0 Å². The first-order chi connectivity index (χ1) is 9.83. The molecule has 0 unspecified atom stereocenters. The summed E-state index contributed by atoms with van der Waals surface area (Å²) >= 11 is 0. The second kappa shape index (κ2) is 6.91. The van der Waals surface area contributed by atoms with Gasteiger partial charge in [-0.25, -0.2) is 0 Å². The van der Waals surface area contributed by atoms with Crippen LogP contribution in [-0.2, 0) is 0 Å². The molecule has 3 nitrogen and oxygen atoms in total. The normalized spacial score (nSPS) is 10.7. The van der Waals surface area contributed by atoms with E-state index in [1.54, 1.807) is 18.3 Å². The number of hydrogen-bond donors (Lipinski definition) is 0. The summed E-state index contributed by atoms with van der Waals surface area (Å²) in [5.41, 5.74) is 2.13. The molecular weight excluding hydrogens is 248 g/mol. The monoisotopic (exact) mass is 262 g/mol. The van der Waals surface area contributed by atoms with Crippen LogP contribution in [0.3, 0.4) is 0 Å². The number of aromatic nitrogens is 1. The van der Waals surface area contributed by atoms with Crippen molar-refractivity contribution in [3.63, 3.8) is 0 Å². The molecule has 0 saturated heterocycles. The number of hydrogen-bond acceptors (Lipinski definition) is 3. The van der Waals surface area contributed by atoms with Crippen LogP contribution >= 0.6 is 0 Å². The molecule has 0 bridgehead atoms. The van der Waals surface area contributed by atoms with E-state index in [9.17, 15) is 5.26 Å². The first-order valence-electron chi connectivity index (χ1n) is 6.20. The van der Waals surface area contributed by atoms with E-state index in [4.69, 9.17) is 4.74 Å². The van der Waals surface area contributed by atoms with Crippen LogP contribution in [0.5, 0.6) is 5.75 Å². The lowest BCUT2D eigenvalue weighted by Crippen LogP contribution is -1.92. The van der Waals surface area contributed by atoms with Crippen LogP contribution in [-0.4, -0.2) is 11.6 Å². The second-order valence-electron chi connectivity index (χ2n) is 4.05. The Morgan fingerprint density at radius 1 is 1.25 bits per heavy atom. The third-order valence-electron chi connectivity index (χ3n) is 2.62. The maximum absolute atomic E-state index is 9.22. The van der Waals surface area contributed by atoms with Crippen molar-refractivity contribution in [2.24, 2.45) is 0 Å². The standard InChI is InChI=1S/C17H14N2O/c1-2-11-20-16-8-6-14(7-9-16)12-15(13-18)17-5-3-4-10-19-17/h2-10,12H,1,11H2/b15-12-. The molecular formula is C17H14N2O. The van der Waals surface area contributed by atoms with Gasteiger partial charge in [0.25, 0.3) is 0 Å². The Balaban J connectivity index is 2.21. The Hall–Kier alpha value is -2.86. The smallest absolute Gasteiger partial charge is 0.119 e. The van der Waals surface area contributed by atoms with Crippen molar-refractivity contribution in [2.75, 3.05) is 6.61 Å². The topological polar surface area (TPSA) is 45.9 Å². The SMILES string of the molecule is C=CCOc1ccc(/C=C(/C#N)c2ccccn2)cc1. The van der Waals surface area contributed by atoms with Crippen molar-refractivity contribution >= 4 is 11.6 Å². The maximum atomic E-state index is 9.22. The fourth-order valence-electron chi connectivity index (χ4n) is 1.67. The van der Waals surface area contributed by atoms with Crippen molar-refractivity contribution in [2.45, 2.75) is 0 Å². The molecule has 0 radical (unpaired) electrons. The van der Waals surface area contributed by atoms with Crippen molar-refractivity contribution < 1.29 is 4.74 Å². The minimum absolute atomic E-state index is 0.479. The third-order valence-corrected chi connectivity index (χ3v) is 2.62. The average Bonchev–Trinajstić information content (AvgIpc) is 2.52. The van der Waals surface area contributed by atoms with E-state index in [2.05, 4.69) is 17.6 Å². The number of rotatable bonds is 5. The molecule has 0 aliphatic carbocycles. The third kappa shape index (κ3) is 3.56. The van der Waals surface area contributed by atoms with Crippen LogP contribution in [0.1, 0.15) is 11.3 Å². The predicted molar refractivity (Wildman–Crippen MR) is 79.9 cm³/mol. The first-order valence-corrected chi connectivity index (χ1v) is 6.20. The molecule has 1 aromatic heterocycles. The molecule has 0 aliphatic heterocycles. The average molecular weight is 262 g/mol. The quantitative estimate of drug-likeness (QED) is 0.609. The molecule has 2 rings (SSSR count). The molecule has 1 heterocycles. The molecule has 0 N–H and O–H groups in total. The second-order valence-corrected chi connectivity index (χ2v) is 4.05.